The molecule has 0 spiro atoms. The van der Waals surface area contributed by atoms with Gasteiger partial charge < -0.3 is 15.4 Å². The van der Waals surface area contributed by atoms with Crippen molar-refractivity contribution in [3.05, 3.63) is 71.0 Å². The lowest BCUT2D eigenvalue weighted by Crippen LogP contribution is -2.47. The minimum atomic E-state index is -0.178. The molecule has 0 unspecified atom stereocenters. The van der Waals surface area contributed by atoms with E-state index in [1.165, 1.54) is 5.56 Å². The van der Waals surface area contributed by atoms with E-state index in [-0.39, 0.29) is 35.2 Å². The Balaban J connectivity index is 0.00000280. The minimum Gasteiger partial charge on any atom is -0.381 e. The zero-order valence-electron chi connectivity index (χ0n) is 16.5. The Morgan fingerprint density at radius 2 is 1.82 bits per heavy atom. The number of aryl methyl sites for hydroxylation is 1. The first kappa shape index (κ1) is 22.6. The van der Waals surface area contributed by atoms with E-state index < -0.39 is 0 Å². The summed E-state index contributed by atoms with van der Waals surface area (Å²) < 4.78 is 19.3. The summed E-state index contributed by atoms with van der Waals surface area (Å²) in [6, 6.07) is 15.9. The molecule has 0 aromatic heterocycles. The van der Waals surface area contributed by atoms with Crippen molar-refractivity contribution in [2.24, 2.45) is 4.99 Å². The molecule has 28 heavy (non-hydrogen) atoms. The fraction of sp³-hybridized carbons (Fsp3) is 0.409. The van der Waals surface area contributed by atoms with Crippen molar-refractivity contribution in [1.29, 1.82) is 0 Å². The van der Waals surface area contributed by atoms with E-state index in [4.69, 9.17) is 4.74 Å². The van der Waals surface area contributed by atoms with Crippen molar-refractivity contribution < 1.29 is 9.13 Å². The van der Waals surface area contributed by atoms with Gasteiger partial charge in [-0.3, -0.25) is 4.99 Å². The highest BCUT2D eigenvalue weighted by atomic mass is 127. The van der Waals surface area contributed by atoms with Crippen LogP contribution in [-0.4, -0.2) is 32.8 Å². The largest absolute Gasteiger partial charge is 0.381 e. The Hall–Kier alpha value is -1.67. The number of rotatable bonds is 5. The van der Waals surface area contributed by atoms with Crippen LogP contribution in [0.2, 0.25) is 0 Å². The van der Waals surface area contributed by atoms with Crippen molar-refractivity contribution in [3.8, 4) is 0 Å². The van der Waals surface area contributed by atoms with Crippen LogP contribution in [0, 0.1) is 12.7 Å². The number of hydrogen-bond donors (Lipinski definition) is 2. The number of nitrogens with zero attached hydrogens (tertiary/aromatic N) is 1. The van der Waals surface area contributed by atoms with Gasteiger partial charge in [-0.05, 0) is 42.5 Å². The fourth-order valence-electron chi connectivity index (χ4n) is 3.53. The highest BCUT2D eigenvalue weighted by Crippen LogP contribution is 2.34. The molecule has 0 atom stereocenters. The van der Waals surface area contributed by atoms with Crippen LogP contribution in [0.25, 0.3) is 0 Å². The molecule has 6 heteroatoms. The van der Waals surface area contributed by atoms with Gasteiger partial charge in [-0.1, -0.05) is 42.5 Å². The summed E-state index contributed by atoms with van der Waals surface area (Å²) in [7, 11) is 1.75. The molecule has 0 aliphatic carbocycles. The Labute approximate surface area is 184 Å². The second-order valence-corrected chi connectivity index (χ2v) is 7.12. The molecule has 2 aromatic rings. The number of guanidine groups is 1. The maximum Gasteiger partial charge on any atom is 0.191 e. The van der Waals surface area contributed by atoms with Crippen LogP contribution in [0.1, 0.15) is 29.5 Å². The van der Waals surface area contributed by atoms with Crippen molar-refractivity contribution in [2.75, 3.05) is 26.8 Å². The summed E-state index contributed by atoms with van der Waals surface area (Å²) in [6.07, 6.45) is 1.95. The smallest absolute Gasteiger partial charge is 0.191 e. The summed E-state index contributed by atoms with van der Waals surface area (Å²) in [5, 5.41) is 6.75. The first-order valence-corrected chi connectivity index (χ1v) is 9.46. The van der Waals surface area contributed by atoms with Crippen molar-refractivity contribution >= 4 is 29.9 Å². The predicted octanol–water partition coefficient (Wildman–Crippen LogP) is 4.17. The number of halogens is 2. The Morgan fingerprint density at radius 3 is 2.46 bits per heavy atom. The normalized spacial score (nSPS) is 16.2. The number of ether oxygens (including phenoxy) is 1. The topological polar surface area (TPSA) is 45.7 Å². The molecule has 0 amide bonds. The summed E-state index contributed by atoms with van der Waals surface area (Å²) >= 11 is 0. The van der Waals surface area contributed by atoms with Gasteiger partial charge in [-0.2, -0.15) is 0 Å². The number of nitrogens with one attached hydrogen (secondary N) is 2. The van der Waals surface area contributed by atoms with E-state index in [0.717, 1.165) is 44.1 Å². The third-order valence-electron chi connectivity index (χ3n) is 5.35. The van der Waals surface area contributed by atoms with Crippen molar-refractivity contribution in [2.45, 2.75) is 31.7 Å². The van der Waals surface area contributed by atoms with Gasteiger partial charge >= 0.3 is 0 Å². The molecular weight excluding hydrogens is 468 g/mol. The van der Waals surface area contributed by atoms with E-state index in [2.05, 4.69) is 39.9 Å². The second kappa shape index (κ2) is 10.8. The van der Waals surface area contributed by atoms with Gasteiger partial charge in [-0.25, -0.2) is 4.39 Å². The summed E-state index contributed by atoms with van der Waals surface area (Å²) in [4.78, 5) is 4.32. The van der Waals surface area contributed by atoms with Gasteiger partial charge in [0.1, 0.15) is 5.82 Å². The van der Waals surface area contributed by atoms with Crippen molar-refractivity contribution in [1.82, 2.24) is 10.6 Å². The van der Waals surface area contributed by atoms with Gasteiger partial charge in [0.2, 0.25) is 0 Å². The quantitative estimate of drug-likeness (QED) is 0.371. The van der Waals surface area contributed by atoms with Crippen LogP contribution in [-0.2, 0) is 16.7 Å². The lowest BCUT2D eigenvalue weighted by atomic mass is 9.74. The molecule has 152 valence electrons. The number of benzene rings is 2. The molecule has 3 rings (SSSR count). The lowest BCUT2D eigenvalue weighted by molar-refractivity contribution is 0.0514. The highest BCUT2D eigenvalue weighted by Gasteiger charge is 2.34. The SMILES string of the molecule is CN=C(NCc1ccc(C)c(F)c1)NCC1(c2ccccc2)CCOCC1.I. The minimum absolute atomic E-state index is 0. The van der Waals surface area contributed by atoms with E-state index in [0.29, 0.717) is 12.1 Å². The highest BCUT2D eigenvalue weighted by molar-refractivity contribution is 14.0. The third kappa shape index (κ3) is 5.67. The molecular formula is C22H29FIN3O. The third-order valence-corrected chi connectivity index (χ3v) is 5.35. The molecule has 1 aliphatic heterocycles. The van der Waals surface area contributed by atoms with Gasteiger partial charge in [-0.15, -0.1) is 24.0 Å². The first-order chi connectivity index (χ1) is 13.1. The number of hydrogen-bond acceptors (Lipinski definition) is 2. The zero-order valence-corrected chi connectivity index (χ0v) is 18.8. The number of aliphatic imine (C=N–C) groups is 1. The van der Waals surface area contributed by atoms with E-state index in [1.807, 2.05) is 12.1 Å². The standard InChI is InChI=1S/C22H28FN3O.HI/c1-17-8-9-18(14-20(17)23)15-25-21(24-2)26-16-22(10-12-27-13-11-22)19-6-4-3-5-7-19;/h3-9,14H,10-13,15-16H2,1-2H3,(H2,24,25,26);1H. The molecule has 1 saturated heterocycles. The summed E-state index contributed by atoms with van der Waals surface area (Å²) in [6.45, 7) is 4.61. The molecule has 0 radical (unpaired) electrons. The first-order valence-electron chi connectivity index (χ1n) is 9.46. The van der Waals surface area contributed by atoms with Crippen LogP contribution in [0.4, 0.5) is 4.39 Å². The average molecular weight is 497 g/mol. The van der Waals surface area contributed by atoms with E-state index >= 15 is 0 Å². The molecule has 2 N–H and O–H groups in total. The van der Waals surface area contributed by atoms with Gasteiger partial charge in [0, 0.05) is 38.8 Å². The lowest BCUT2D eigenvalue weighted by Gasteiger charge is -2.38. The van der Waals surface area contributed by atoms with Crippen molar-refractivity contribution in [3.63, 3.8) is 0 Å². The monoisotopic (exact) mass is 497 g/mol. The van der Waals surface area contributed by atoms with Crippen LogP contribution in [0.5, 0.6) is 0 Å². The van der Waals surface area contributed by atoms with Gasteiger partial charge in [0.15, 0.2) is 5.96 Å². The second-order valence-electron chi connectivity index (χ2n) is 7.12. The Kier molecular flexibility index (Phi) is 8.69. The molecule has 0 saturated carbocycles. The van der Waals surface area contributed by atoms with Gasteiger partial charge in [0.05, 0.1) is 0 Å². The zero-order chi connectivity index (χ0) is 19.1. The molecule has 1 fully saturated rings. The van der Waals surface area contributed by atoms with E-state index in [9.17, 15) is 4.39 Å². The molecule has 1 heterocycles. The van der Waals surface area contributed by atoms with Crippen LogP contribution in [0.15, 0.2) is 53.5 Å². The Bertz CT molecular complexity index is 777. The van der Waals surface area contributed by atoms with Crippen LogP contribution >= 0.6 is 24.0 Å². The van der Waals surface area contributed by atoms with Crippen LogP contribution < -0.4 is 10.6 Å². The maximum absolute atomic E-state index is 13.7. The molecule has 4 nitrogen and oxygen atoms in total. The van der Waals surface area contributed by atoms with Crippen LogP contribution in [0.3, 0.4) is 0 Å². The maximum atomic E-state index is 13.7. The molecule has 0 bridgehead atoms. The fourth-order valence-corrected chi connectivity index (χ4v) is 3.53. The van der Waals surface area contributed by atoms with Gasteiger partial charge in [0.25, 0.3) is 0 Å². The average Bonchev–Trinajstić information content (AvgIpc) is 2.72. The summed E-state index contributed by atoms with van der Waals surface area (Å²) in [5.74, 6) is 0.542. The molecule has 2 aromatic carbocycles. The predicted molar refractivity (Wildman–Crippen MR) is 123 cm³/mol. The molecule has 1 aliphatic rings. The Morgan fingerprint density at radius 1 is 1.11 bits per heavy atom. The summed E-state index contributed by atoms with van der Waals surface area (Å²) in [5.41, 5.74) is 2.92. The van der Waals surface area contributed by atoms with E-state index in [1.54, 1.807) is 26.1 Å².